The second-order valence-electron chi connectivity index (χ2n) is 4.53. The SMILES string of the molecule is CCc1cc(Br)ccc1Nc1nc(NC)nc2nc[nH]c12. The molecule has 7 heteroatoms. The third-order valence-electron chi connectivity index (χ3n) is 3.21. The van der Waals surface area contributed by atoms with Crippen molar-refractivity contribution in [3.8, 4) is 0 Å². The molecule has 6 nitrogen and oxygen atoms in total. The predicted octanol–water partition coefficient (Wildman–Crippen LogP) is 3.46. The molecule has 0 saturated heterocycles. The van der Waals surface area contributed by atoms with Crippen LogP contribution in [0.4, 0.5) is 17.5 Å². The molecule has 0 saturated carbocycles. The van der Waals surface area contributed by atoms with Gasteiger partial charge < -0.3 is 15.6 Å². The maximum Gasteiger partial charge on any atom is 0.226 e. The van der Waals surface area contributed by atoms with Crippen LogP contribution in [0.25, 0.3) is 11.2 Å². The molecule has 0 spiro atoms. The molecule has 0 aliphatic carbocycles. The van der Waals surface area contributed by atoms with Crippen LogP contribution in [-0.4, -0.2) is 27.0 Å². The zero-order valence-electron chi connectivity index (χ0n) is 11.7. The number of halogens is 1. The molecule has 0 radical (unpaired) electrons. The van der Waals surface area contributed by atoms with E-state index in [-0.39, 0.29) is 0 Å². The predicted molar refractivity (Wildman–Crippen MR) is 88.0 cm³/mol. The summed E-state index contributed by atoms with van der Waals surface area (Å²) < 4.78 is 1.06. The van der Waals surface area contributed by atoms with Crippen LogP contribution in [-0.2, 0) is 6.42 Å². The Hall–Kier alpha value is -2.15. The van der Waals surface area contributed by atoms with Crippen molar-refractivity contribution in [2.75, 3.05) is 17.7 Å². The molecular weight excluding hydrogens is 332 g/mol. The fourth-order valence-electron chi connectivity index (χ4n) is 2.14. The van der Waals surface area contributed by atoms with E-state index in [0.29, 0.717) is 17.4 Å². The van der Waals surface area contributed by atoms with Crippen LogP contribution in [0.1, 0.15) is 12.5 Å². The lowest BCUT2D eigenvalue weighted by Crippen LogP contribution is -2.03. The number of nitrogens with one attached hydrogen (secondary N) is 3. The van der Waals surface area contributed by atoms with Crippen molar-refractivity contribution in [1.29, 1.82) is 0 Å². The summed E-state index contributed by atoms with van der Waals surface area (Å²) in [6.45, 7) is 2.12. The van der Waals surface area contributed by atoms with Crippen molar-refractivity contribution in [3.63, 3.8) is 0 Å². The molecule has 2 heterocycles. The monoisotopic (exact) mass is 346 g/mol. The number of hydrogen-bond donors (Lipinski definition) is 3. The topological polar surface area (TPSA) is 78.5 Å². The maximum atomic E-state index is 4.47. The fourth-order valence-corrected chi connectivity index (χ4v) is 2.55. The summed E-state index contributed by atoms with van der Waals surface area (Å²) in [6, 6.07) is 6.14. The molecule has 2 aromatic heterocycles. The minimum atomic E-state index is 0.535. The van der Waals surface area contributed by atoms with Gasteiger partial charge in [-0.05, 0) is 30.2 Å². The zero-order valence-corrected chi connectivity index (χ0v) is 13.3. The lowest BCUT2D eigenvalue weighted by Gasteiger charge is -2.12. The van der Waals surface area contributed by atoms with E-state index in [4.69, 9.17) is 0 Å². The van der Waals surface area contributed by atoms with Gasteiger partial charge in [0, 0.05) is 17.2 Å². The van der Waals surface area contributed by atoms with E-state index < -0.39 is 0 Å². The third-order valence-corrected chi connectivity index (χ3v) is 3.70. The van der Waals surface area contributed by atoms with Gasteiger partial charge in [-0.2, -0.15) is 9.97 Å². The number of fused-ring (bicyclic) bond motifs is 1. The summed E-state index contributed by atoms with van der Waals surface area (Å²) in [6.07, 6.45) is 2.55. The number of benzene rings is 1. The van der Waals surface area contributed by atoms with Gasteiger partial charge in [-0.15, -0.1) is 0 Å². The molecule has 0 atom stereocenters. The van der Waals surface area contributed by atoms with Gasteiger partial charge >= 0.3 is 0 Å². The van der Waals surface area contributed by atoms with Crippen LogP contribution < -0.4 is 10.6 Å². The number of nitrogens with zero attached hydrogens (tertiary/aromatic N) is 3. The van der Waals surface area contributed by atoms with Crippen molar-refractivity contribution in [2.24, 2.45) is 0 Å². The summed E-state index contributed by atoms with van der Waals surface area (Å²) in [5.41, 5.74) is 3.66. The van der Waals surface area contributed by atoms with E-state index in [9.17, 15) is 0 Å². The summed E-state index contributed by atoms with van der Waals surface area (Å²) in [7, 11) is 1.79. The maximum absolute atomic E-state index is 4.47. The van der Waals surface area contributed by atoms with E-state index >= 15 is 0 Å². The highest BCUT2D eigenvalue weighted by Crippen LogP contribution is 2.27. The van der Waals surface area contributed by atoms with Crippen molar-refractivity contribution in [3.05, 3.63) is 34.6 Å². The first-order valence-corrected chi connectivity index (χ1v) is 7.45. The normalized spacial score (nSPS) is 10.8. The number of hydrogen-bond acceptors (Lipinski definition) is 5. The van der Waals surface area contributed by atoms with Crippen LogP contribution in [0.5, 0.6) is 0 Å². The molecule has 0 unspecified atom stereocenters. The van der Waals surface area contributed by atoms with Crippen molar-refractivity contribution in [2.45, 2.75) is 13.3 Å². The molecule has 0 aliphatic heterocycles. The van der Waals surface area contributed by atoms with Crippen LogP contribution in [0.15, 0.2) is 29.0 Å². The van der Waals surface area contributed by atoms with Crippen LogP contribution in [0.2, 0.25) is 0 Å². The molecule has 21 heavy (non-hydrogen) atoms. The molecule has 0 amide bonds. The van der Waals surface area contributed by atoms with Crippen molar-refractivity contribution < 1.29 is 0 Å². The fraction of sp³-hybridized carbons (Fsp3) is 0.214. The molecule has 108 valence electrons. The Bertz CT molecular complexity index is 782. The molecule has 0 aliphatic rings. The first-order chi connectivity index (χ1) is 10.2. The van der Waals surface area contributed by atoms with Gasteiger partial charge in [0.05, 0.1) is 6.33 Å². The molecule has 0 bridgehead atoms. The standard InChI is InChI=1S/C14H15BrN6/c1-3-8-6-9(15)4-5-10(8)19-13-11-12(18-7-17-11)20-14(16-2)21-13/h4-7H,3H2,1-2H3,(H3,16,17,18,19,20,21). The Balaban J connectivity index is 2.07. The van der Waals surface area contributed by atoms with Crippen LogP contribution in [0, 0.1) is 0 Å². The number of aromatic amines is 1. The summed E-state index contributed by atoms with van der Waals surface area (Å²) in [5, 5.41) is 6.32. The molecule has 1 aromatic carbocycles. The summed E-state index contributed by atoms with van der Waals surface area (Å²) in [5.74, 6) is 1.24. The highest BCUT2D eigenvalue weighted by atomic mass is 79.9. The Morgan fingerprint density at radius 2 is 2.14 bits per heavy atom. The largest absolute Gasteiger partial charge is 0.357 e. The zero-order chi connectivity index (χ0) is 14.8. The number of aromatic nitrogens is 4. The molecule has 0 fully saturated rings. The van der Waals surface area contributed by atoms with Gasteiger partial charge in [0.2, 0.25) is 5.95 Å². The van der Waals surface area contributed by atoms with Gasteiger partial charge in [-0.1, -0.05) is 22.9 Å². The van der Waals surface area contributed by atoms with Gasteiger partial charge in [0.1, 0.15) is 5.52 Å². The summed E-state index contributed by atoms with van der Waals surface area (Å²) >= 11 is 3.50. The highest BCUT2D eigenvalue weighted by molar-refractivity contribution is 9.10. The lowest BCUT2D eigenvalue weighted by atomic mass is 10.1. The van der Waals surface area contributed by atoms with E-state index in [2.05, 4.69) is 59.5 Å². The first-order valence-electron chi connectivity index (χ1n) is 6.65. The smallest absolute Gasteiger partial charge is 0.226 e. The quantitative estimate of drug-likeness (QED) is 0.674. The Morgan fingerprint density at radius 3 is 2.90 bits per heavy atom. The average molecular weight is 347 g/mol. The van der Waals surface area contributed by atoms with Crippen molar-refractivity contribution in [1.82, 2.24) is 19.9 Å². The number of anilines is 3. The van der Waals surface area contributed by atoms with Crippen LogP contribution >= 0.6 is 15.9 Å². The van der Waals surface area contributed by atoms with Gasteiger partial charge in [-0.25, -0.2) is 4.98 Å². The Morgan fingerprint density at radius 1 is 1.29 bits per heavy atom. The summed E-state index contributed by atoms with van der Waals surface area (Å²) in [4.78, 5) is 16.0. The molecular formula is C14H15BrN6. The Kier molecular flexibility index (Phi) is 3.74. The number of aryl methyl sites for hydroxylation is 1. The molecule has 3 N–H and O–H groups in total. The van der Waals surface area contributed by atoms with E-state index in [1.807, 2.05) is 12.1 Å². The Labute approximate surface area is 130 Å². The van der Waals surface area contributed by atoms with Gasteiger partial charge in [-0.3, -0.25) is 0 Å². The molecule has 3 aromatic rings. The number of rotatable bonds is 4. The van der Waals surface area contributed by atoms with Gasteiger partial charge in [0.15, 0.2) is 11.5 Å². The van der Waals surface area contributed by atoms with Gasteiger partial charge in [0.25, 0.3) is 0 Å². The number of imidazole rings is 1. The highest BCUT2D eigenvalue weighted by Gasteiger charge is 2.11. The van der Waals surface area contributed by atoms with E-state index in [0.717, 1.165) is 22.1 Å². The third kappa shape index (κ3) is 2.69. The van der Waals surface area contributed by atoms with Crippen LogP contribution in [0.3, 0.4) is 0 Å². The molecule has 3 rings (SSSR count). The minimum absolute atomic E-state index is 0.535. The lowest BCUT2D eigenvalue weighted by molar-refractivity contribution is 1.13. The number of H-pyrrole nitrogens is 1. The minimum Gasteiger partial charge on any atom is -0.357 e. The average Bonchev–Trinajstić information content (AvgIpc) is 2.97. The second-order valence-corrected chi connectivity index (χ2v) is 5.44. The first kappa shape index (κ1) is 13.8. The van der Waals surface area contributed by atoms with Crippen molar-refractivity contribution >= 4 is 44.5 Å². The second kappa shape index (κ2) is 5.69. The van der Waals surface area contributed by atoms with E-state index in [1.54, 1.807) is 13.4 Å². The van der Waals surface area contributed by atoms with E-state index in [1.165, 1.54) is 5.56 Å².